The first-order chi connectivity index (χ1) is 39.3. The van der Waals surface area contributed by atoms with Crippen molar-refractivity contribution in [2.24, 2.45) is 32.9 Å². The van der Waals surface area contributed by atoms with Crippen molar-refractivity contribution in [1.29, 1.82) is 0 Å². The van der Waals surface area contributed by atoms with E-state index in [2.05, 4.69) is 52.2 Å². The molecule has 0 spiro atoms. The molecular weight excluding hydrogens is 1060 g/mol. The van der Waals surface area contributed by atoms with Crippen LogP contribution in [0.1, 0.15) is 82.4 Å². The molecule has 2 aliphatic rings. The number of carbonyl (C=O) groups excluding carboxylic acids is 8. The van der Waals surface area contributed by atoms with Crippen molar-refractivity contribution in [2.45, 2.75) is 121 Å². The Balaban J connectivity index is 0.000000914. The molecule has 1 aromatic heterocycles. The summed E-state index contributed by atoms with van der Waals surface area (Å²) in [4.78, 5) is 133. The number of para-hydroxylation sites is 1. The van der Waals surface area contributed by atoms with Gasteiger partial charge in [0.15, 0.2) is 11.9 Å². The van der Waals surface area contributed by atoms with E-state index in [1.54, 1.807) is 36.5 Å². The van der Waals surface area contributed by atoms with Crippen LogP contribution in [0.25, 0.3) is 10.9 Å². The van der Waals surface area contributed by atoms with E-state index in [4.69, 9.17) is 27.7 Å². The number of hydrogen-bond acceptors (Lipinski definition) is 12. The van der Waals surface area contributed by atoms with Crippen molar-refractivity contribution < 1.29 is 53.0 Å². The number of rotatable bonds is 15. The minimum absolute atomic E-state index is 0.0253. The molecule has 82 heavy (non-hydrogen) atoms. The van der Waals surface area contributed by atoms with Gasteiger partial charge in [0.2, 0.25) is 47.3 Å². The van der Waals surface area contributed by atoms with Crippen molar-refractivity contribution in [3.63, 3.8) is 0 Å². The molecule has 3 aromatic carbocycles. The first-order valence-electron chi connectivity index (χ1n) is 27.1. The number of aromatic nitrogens is 1. The van der Waals surface area contributed by atoms with Crippen LogP contribution in [-0.4, -0.2) is 156 Å². The van der Waals surface area contributed by atoms with E-state index in [-0.39, 0.29) is 70.1 Å². The zero-order valence-electron chi connectivity index (χ0n) is 46.6. The highest BCUT2D eigenvalue weighted by Crippen LogP contribution is 2.25. The van der Waals surface area contributed by atoms with Gasteiger partial charge >= 0.3 is 5.97 Å². The maximum absolute atomic E-state index is 14.6. The van der Waals surface area contributed by atoms with Crippen molar-refractivity contribution in [2.75, 3.05) is 39.3 Å². The highest BCUT2D eigenvalue weighted by molar-refractivity contribution is 5.98. The average molecular weight is 1140 g/mol. The molecule has 17 N–H and O–H groups in total. The quantitative estimate of drug-likeness (QED) is 0.0525. The number of guanidine groups is 2. The number of nitrogens with two attached hydrogens (primary N) is 4. The van der Waals surface area contributed by atoms with E-state index in [1.165, 1.54) is 11.8 Å². The highest BCUT2D eigenvalue weighted by atomic mass is 16.5. The van der Waals surface area contributed by atoms with Gasteiger partial charge in [-0.25, -0.2) is 4.79 Å². The van der Waals surface area contributed by atoms with Gasteiger partial charge in [-0.15, -0.1) is 0 Å². The Hall–Kier alpha value is -9.07. The molecule has 0 bridgehead atoms. The Bertz CT molecular complexity index is 2790. The van der Waals surface area contributed by atoms with Gasteiger partial charge in [0.1, 0.15) is 30.2 Å². The number of carbonyl (C=O) groups is 9. The van der Waals surface area contributed by atoms with Crippen molar-refractivity contribution in [1.82, 2.24) is 47.1 Å². The molecule has 2 aliphatic heterocycles. The maximum atomic E-state index is 14.6. The molecule has 26 heteroatoms. The van der Waals surface area contributed by atoms with E-state index >= 15 is 0 Å². The molecule has 6 rings (SSSR count). The van der Waals surface area contributed by atoms with Crippen LogP contribution in [0.5, 0.6) is 0 Å². The van der Waals surface area contributed by atoms with Gasteiger partial charge in [-0.3, -0.25) is 48.3 Å². The van der Waals surface area contributed by atoms with Crippen LogP contribution in [0.3, 0.4) is 0 Å². The lowest BCUT2D eigenvalue weighted by atomic mass is 10.0. The maximum Gasteiger partial charge on any atom is 0.326 e. The van der Waals surface area contributed by atoms with Gasteiger partial charge in [-0.1, -0.05) is 92.7 Å². The molecule has 0 radical (unpaired) electrons. The highest BCUT2D eigenvalue weighted by Gasteiger charge is 2.44. The minimum Gasteiger partial charge on any atom is -0.480 e. The average Bonchev–Trinajstić information content (AvgIpc) is 4.12. The van der Waals surface area contributed by atoms with E-state index < -0.39 is 109 Å². The summed E-state index contributed by atoms with van der Waals surface area (Å²) in [7, 11) is 0. The lowest BCUT2D eigenvalue weighted by Gasteiger charge is -2.29. The van der Waals surface area contributed by atoms with Crippen LogP contribution in [-0.2, 0) is 67.3 Å². The molecule has 26 nitrogen and oxygen atoms in total. The van der Waals surface area contributed by atoms with E-state index in [9.17, 15) is 48.3 Å². The van der Waals surface area contributed by atoms with Crippen LogP contribution in [0.2, 0.25) is 0 Å². The Labute approximate surface area is 476 Å². The first kappa shape index (κ1) is 65.4. The first-order valence-corrected chi connectivity index (χ1v) is 27.1. The Morgan fingerprint density at radius 1 is 0.732 bits per heavy atom. The van der Waals surface area contributed by atoms with Gasteiger partial charge in [0.25, 0.3) is 0 Å². The van der Waals surface area contributed by atoms with Crippen molar-refractivity contribution >= 4 is 76.0 Å². The summed E-state index contributed by atoms with van der Waals surface area (Å²) in [5, 5.41) is 29.0. The molecule has 0 aliphatic carbocycles. The van der Waals surface area contributed by atoms with Gasteiger partial charge in [0.05, 0.1) is 32.2 Å². The van der Waals surface area contributed by atoms with Crippen LogP contribution in [0.15, 0.2) is 101 Å². The van der Waals surface area contributed by atoms with Gasteiger partial charge in [-0.2, -0.15) is 0 Å². The molecular formula is C56H79N15O11. The van der Waals surface area contributed by atoms with Gasteiger partial charge < -0.3 is 79.9 Å². The Kier molecular flexibility index (Phi) is 27.8. The molecule has 0 saturated carbocycles. The molecule has 2 saturated heterocycles. The second-order valence-electron chi connectivity index (χ2n) is 19.4. The fourth-order valence-corrected chi connectivity index (χ4v) is 8.61. The fraction of sp³-hybridized carbons (Fsp3) is 0.446. The predicted molar refractivity (Wildman–Crippen MR) is 308 cm³/mol. The summed E-state index contributed by atoms with van der Waals surface area (Å²) < 4.78 is 6.20. The number of ether oxygens (including phenoxy) is 1. The molecule has 4 aromatic rings. The number of benzene rings is 3. The van der Waals surface area contributed by atoms with Crippen LogP contribution >= 0.6 is 0 Å². The number of carboxylic acids is 1. The fourth-order valence-electron chi connectivity index (χ4n) is 8.61. The molecule has 444 valence electrons. The zero-order valence-corrected chi connectivity index (χ0v) is 46.6. The Morgan fingerprint density at radius 2 is 1.35 bits per heavy atom. The number of nitrogens with zero attached hydrogens (tertiary/aromatic N) is 3. The van der Waals surface area contributed by atoms with Crippen molar-refractivity contribution in [3.05, 3.63) is 108 Å². The van der Waals surface area contributed by atoms with Crippen LogP contribution in [0.4, 0.5) is 0 Å². The Morgan fingerprint density at radius 3 is 1.96 bits per heavy atom. The minimum atomic E-state index is -1.52. The number of H-pyrrole nitrogens is 1. The number of aromatic amines is 1. The van der Waals surface area contributed by atoms with E-state index in [0.717, 1.165) is 42.4 Å². The van der Waals surface area contributed by atoms with E-state index in [0.29, 0.717) is 11.1 Å². The summed E-state index contributed by atoms with van der Waals surface area (Å²) in [6.45, 7) is 5.62. The normalized spacial score (nSPS) is 20.2. The number of hydrogen-bond donors (Lipinski definition) is 13. The summed E-state index contributed by atoms with van der Waals surface area (Å²) in [6, 6.07) is 18.5. The number of aliphatic imine (C=N–C) groups is 2. The summed E-state index contributed by atoms with van der Waals surface area (Å²) in [5.74, 6) is -6.80. The summed E-state index contributed by atoms with van der Waals surface area (Å²) >= 11 is 0. The lowest BCUT2D eigenvalue weighted by Crippen LogP contribution is -2.58. The third-order valence-corrected chi connectivity index (χ3v) is 12.7. The zero-order chi connectivity index (χ0) is 60.0. The van der Waals surface area contributed by atoms with Crippen LogP contribution in [0, 0.1) is 0 Å². The second-order valence-corrected chi connectivity index (χ2v) is 19.4. The summed E-state index contributed by atoms with van der Waals surface area (Å²) in [6.07, 6.45) is 2.73. The second kappa shape index (κ2) is 34.8. The molecule has 2 fully saturated rings. The standard InChI is InChI=1S/C48H57N9O11.2C4H11N3/c1-29(58)50-25-42(60)54-39-23-41(59)49-19-11-10-18-36(48(66)67)55-45(63)38(21-32-24-51-35-17-9-8-16-34(32)35)53-43(61)26-52-44(62)37(20-30-12-4-2-5-13-30)56-46(64)40-22-33(27-57(40)47(39)65)68-28-31-14-6-3-7-15-31;2*1-2-3-7-4(5)6/h2-9,12-17,24,33,36-40,51H,10-11,18-23,25-28H2,1H3,(H,49,59)(H,50,58)(H,52,62)(H,53,61)(H,54,60)(H,55,63)(H,56,64)(H,66,67);2*2-3H2,1H3,(H4,5,6,7)/t33?,36?,37?,38-,39?,40-;;/m0../s1. The number of aliphatic carboxylic acids is 1. The lowest BCUT2D eigenvalue weighted by molar-refractivity contribution is -0.143. The predicted octanol–water partition coefficient (Wildman–Crippen LogP) is -0.555. The topological polar surface area (TPSA) is 415 Å². The molecule has 4 unspecified atom stereocenters. The SMILES string of the molecule is CC(=O)NCC(=O)NC1CC(=O)NCCCCC(C(=O)O)NC(=O)[C@H](Cc2c[nH]c3ccccc23)NC(=O)CNC(=O)C(Cc2ccccc2)NC(=O)[C@@H]2CC(OCc3ccccc3)CN2C1=O.CCCN=C(N)N.CCCN=C(N)N. The smallest absolute Gasteiger partial charge is 0.326 e. The third kappa shape index (κ3) is 23.3. The molecule has 3 heterocycles. The number of fused-ring (bicyclic) bond motifs is 2. The van der Waals surface area contributed by atoms with Gasteiger partial charge in [-0.05, 0) is 54.9 Å². The van der Waals surface area contributed by atoms with E-state index in [1.807, 2.05) is 68.4 Å². The van der Waals surface area contributed by atoms with Gasteiger partial charge in [0, 0.05) is 69.5 Å². The monoisotopic (exact) mass is 1140 g/mol. The molecule has 8 amide bonds. The molecule has 6 atom stereocenters. The number of carboxylic acid groups (broad SMARTS) is 1. The number of nitrogens with one attached hydrogen (secondary N) is 8. The third-order valence-electron chi connectivity index (χ3n) is 12.7. The van der Waals surface area contributed by atoms with Crippen molar-refractivity contribution in [3.8, 4) is 0 Å². The van der Waals surface area contributed by atoms with Crippen LogP contribution < -0.4 is 60.2 Å². The number of amides is 8. The summed E-state index contributed by atoms with van der Waals surface area (Å²) in [5.41, 5.74) is 22.9. The largest absolute Gasteiger partial charge is 0.480 e.